The van der Waals surface area contributed by atoms with Crippen LogP contribution in [0.4, 0.5) is 11.4 Å². The van der Waals surface area contributed by atoms with E-state index in [9.17, 15) is 0 Å². The summed E-state index contributed by atoms with van der Waals surface area (Å²) in [4.78, 5) is 0. The standard InChI is InChI=1S/C12H12N2.ClH/c13-11-8-4-7-10(12(11)14)9-5-2-1-3-6-9;/h1-8H,13-14H2;1H. The second-order valence-corrected chi connectivity index (χ2v) is 3.17. The van der Waals surface area contributed by atoms with Gasteiger partial charge in [-0.15, -0.1) is 12.4 Å². The molecule has 0 aliphatic carbocycles. The van der Waals surface area contributed by atoms with Gasteiger partial charge in [0.15, 0.2) is 0 Å². The molecule has 15 heavy (non-hydrogen) atoms. The van der Waals surface area contributed by atoms with Crippen LogP contribution in [-0.4, -0.2) is 0 Å². The van der Waals surface area contributed by atoms with Gasteiger partial charge in [0.05, 0.1) is 11.4 Å². The first kappa shape index (κ1) is 11.4. The molecule has 0 amide bonds. The predicted molar refractivity (Wildman–Crippen MR) is 68.0 cm³/mol. The highest BCUT2D eigenvalue weighted by molar-refractivity contribution is 5.85. The van der Waals surface area contributed by atoms with E-state index in [0.29, 0.717) is 11.4 Å². The van der Waals surface area contributed by atoms with Gasteiger partial charge in [0.25, 0.3) is 0 Å². The fraction of sp³-hybridized carbons (Fsp3) is 0. The van der Waals surface area contributed by atoms with E-state index >= 15 is 0 Å². The van der Waals surface area contributed by atoms with Gasteiger partial charge in [-0.1, -0.05) is 42.5 Å². The smallest absolute Gasteiger partial charge is 0.0627 e. The molecule has 0 saturated heterocycles. The van der Waals surface area contributed by atoms with E-state index in [0.717, 1.165) is 11.1 Å². The molecule has 0 unspecified atom stereocenters. The minimum absolute atomic E-state index is 0. The number of rotatable bonds is 1. The van der Waals surface area contributed by atoms with Gasteiger partial charge in [-0.2, -0.15) is 0 Å². The molecule has 0 aliphatic rings. The van der Waals surface area contributed by atoms with Gasteiger partial charge in [0.2, 0.25) is 0 Å². The van der Waals surface area contributed by atoms with Gasteiger partial charge in [-0.3, -0.25) is 0 Å². The lowest BCUT2D eigenvalue weighted by atomic mass is 10.0. The van der Waals surface area contributed by atoms with Gasteiger partial charge in [0.1, 0.15) is 0 Å². The van der Waals surface area contributed by atoms with Crippen LogP contribution in [0.3, 0.4) is 0 Å². The number of benzene rings is 2. The Bertz CT molecular complexity index is 441. The molecule has 0 saturated carbocycles. The van der Waals surface area contributed by atoms with Crippen molar-refractivity contribution in [3.63, 3.8) is 0 Å². The van der Waals surface area contributed by atoms with Crippen LogP contribution >= 0.6 is 12.4 Å². The Kier molecular flexibility index (Phi) is 3.58. The summed E-state index contributed by atoms with van der Waals surface area (Å²) < 4.78 is 0. The monoisotopic (exact) mass is 220 g/mol. The van der Waals surface area contributed by atoms with E-state index in [1.165, 1.54) is 0 Å². The SMILES string of the molecule is Cl.Nc1cccc(-c2ccccc2)c1N. The van der Waals surface area contributed by atoms with E-state index in [4.69, 9.17) is 11.5 Å². The van der Waals surface area contributed by atoms with Gasteiger partial charge >= 0.3 is 0 Å². The normalized spacial score (nSPS) is 9.33. The molecule has 2 aromatic carbocycles. The highest BCUT2D eigenvalue weighted by Crippen LogP contribution is 2.29. The van der Waals surface area contributed by atoms with Crippen molar-refractivity contribution in [1.29, 1.82) is 0 Å². The summed E-state index contributed by atoms with van der Waals surface area (Å²) >= 11 is 0. The lowest BCUT2D eigenvalue weighted by molar-refractivity contribution is 1.60. The molecule has 2 aromatic rings. The molecule has 2 rings (SSSR count). The van der Waals surface area contributed by atoms with Crippen LogP contribution in [0.25, 0.3) is 11.1 Å². The average Bonchev–Trinajstić information content (AvgIpc) is 2.23. The molecule has 4 N–H and O–H groups in total. The van der Waals surface area contributed by atoms with E-state index < -0.39 is 0 Å². The van der Waals surface area contributed by atoms with Crippen molar-refractivity contribution in [2.75, 3.05) is 11.5 Å². The zero-order valence-corrected chi connectivity index (χ0v) is 9.00. The van der Waals surface area contributed by atoms with Gasteiger partial charge in [0, 0.05) is 5.56 Å². The largest absolute Gasteiger partial charge is 0.397 e. The molecule has 0 aliphatic heterocycles. The Hall–Kier alpha value is -1.67. The van der Waals surface area contributed by atoms with Crippen molar-refractivity contribution in [2.24, 2.45) is 0 Å². The summed E-state index contributed by atoms with van der Waals surface area (Å²) in [6.07, 6.45) is 0. The molecule has 0 bridgehead atoms. The zero-order chi connectivity index (χ0) is 9.97. The molecule has 0 spiro atoms. The molecule has 2 nitrogen and oxygen atoms in total. The fourth-order valence-electron chi connectivity index (χ4n) is 1.45. The molecule has 0 heterocycles. The van der Waals surface area contributed by atoms with Crippen molar-refractivity contribution in [1.82, 2.24) is 0 Å². The van der Waals surface area contributed by atoms with Crippen molar-refractivity contribution in [2.45, 2.75) is 0 Å². The predicted octanol–water partition coefficient (Wildman–Crippen LogP) is 2.94. The lowest BCUT2D eigenvalue weighted by Gasteiger charge is -2.07. The quantitative estimate of drug-likeness (QED) is 0.726. The van der Waals surface area contributed by atoms with Crippen molar-refractivity contribution in [3.05, 3.63) is 48.5 Å². The minimum atomic E-state index is 0. The third kappa shape index (κ3) is 2.22. The fourth-order valence-corrected chi connectivity index (χ4v) is 1.45. The highest BCUT2D eigenvalue weighted by Gasteiger charge is 2.03. The second kappa shape index (κ2) is 4.71. The summed E-state index contributed by atoms with van der Waals surface area (Å²) in [6, 6.07) is 15.7. The first-order chi connectivity index (χ1) is 6.79. The Morgan fingerprint density at radius 3 is 2.07 bits per heavy atom. The number of anilines is 2. The van der Waals surface area contributed by atoms with E-state index in [1.807, 2.05) is 48.5 Å². The maximum Gasteiger partial charge on any atom is 0.0627 e. The van der Waals surface area contributed by atoms with Gasteiger partial charge in [-0.25, -0.2) is 0 Å². The summed E-state index contributed by atoms with van der Waals surface area (Å²) in [5, 5.41) is 0. The van der Waals surface area contributed by atoms with Crippen LogP contribution in [-0.2, 0) is 0 Å². The van der Waals surface area contributed by atoms with E-state index in [-0.39, 0.29) is 12.4 Å². The average molecular weight is 221 g/mol. The van der Waals surface area contributed by atoms with Gasteiger partial charge < -0.3 is 11.5 Å². The third-order valence-electron chi connectivity index (χ3n) is 2.22. The minimum Gasteiger partial charge on any atom is -0.397 e. The van der Waals surface area contributed by atoms with Crippen LogP contribution in [0, 0.1) is 0 Å². The van der Waals surface area contributed by atoms with E-state index in [2.05, 4.69) is 0 Å². The number of nitrogens with two attached hydrogens (primary N) is 2. The first-order valence-electron chi connectivity index (χ1n) is 4.48. The highest BCUT2D eigenvalue weighted by atomic mass is 35.5. The number of para-hydroxylation sites is 1. The Morgan fingerprint density at radius 1 is 0.733 bits per heavy atom. The Labute approximate surface area is 95.3 Å². The van der Waals surface area contributed by atoms with Crippen LogP contribution in [0.15, 0.2) is 48.5 Å². The van der Waals surface area contributed by atoms with Crippen molar-refractivity contribution >= 4 is 23.8 Å². The van der Waals surface area contributed by atoms with Crippen LogP contribution < -0.4 is 11.5 Å². The van der Waals surface area contributed by atoms with Crippen LogP contribution in [0.1, 0.15) is 0 Å². The molecule has 0 radical (unpaired) electrons. The first-order valence-corrected chi connectivity index (χ1v) is 4.48. The number of halogens is 1. The second-order valence-electron chi connectivity index (χ2n) is 3.17. The topological polar surface area (TPSA) is 52.0 Å². The molecule has 3 heteroatoms. The van der Waals surface area contributed by atoms with Gasteiger partial charge in [-0.05, 0) is 11.6 Å². The number of nitrogen functional groups attached to an aromatic ring is 2. The van der Waals surface area contributed by atoms with Crippen molar-refractivity contribution < 1.29 is 0 Å². The molecule has 78 valence electrons. The molecular formula is C12H13ClN2. The number of hydrogen-bond acceptors (Lipinski definition) is 2. The Balaban J connectivity index is 0.00000112. The maximum atomic E-state index is 5.89. The maximum absolute atomic E-state index is 5.89. The summed E-state index contributed by atoms with van der Waals surface area (Å²) in [7, 11) is 0. The van der Waals surface area contributed by atoms with Crippen LogP contribution in [0.5, 0.6) is 0 Å². The number of hydrogen-bond donors (Lipinski definition) is 2. The summed E-state index contributed by atoms with van der Waals surface area (Å²) in [5.41, 5.74) is 15.0. The summed E-state index contributed by atoms with van der Waals surface area (Å²) in [5.74, 6) is 0. The molecule has 0 aromatic heterocycles. The Morgan fingerprint density at radius 2 is 1.40 bits per heavy atom. The molecule has 0 atom stereocenters. The molecular weight excluding hydrogens is 208 g/mol. The lowest BCUT2D eigenvalue weighted by Crippen LogP contribution is -1.96. The van der Waals surface area contributed by atoms with E-state index in [1.54, 1.807) is 0 Å². The zero-order valence-electron chi connectivity index (χ0n) is 8.18. The molecule has 0 fully saturated rings. The van der Waals surface area contributed by atoms with Crippen LogP contribution in [0.2, 0.25) is 0 Å². The third-order valence-corrected chi connectivity index (χ3v) is 2.22. The van der Waals surface area contributed by atoms with Crippen molar-refractivity contribution in [3.8, 4) is 11.1 Å². The summed E-state index contributed by atoms with van der Waals surface area (Å²) in [6.45, 7) is 0.